The van der Waals surface area contributed by atoms with E-state index in [-0.39, 0.29) is 6.10 Å². The Labute approximate surface area is 135 Å². The highest BCUT2D eigenvalue weighted by molar-refractivity contribution is 5.89. The molecule has 120 valence electrons. The van der Waals surface area contributed by atoms with Gasteiger partial charge >= 0.3 is 6.09 Å². The van der Waals surface area contributed by atoms with Crippen molar-refractivity contribution in [2.45, 2.75) is 6.10 Å². The van der Waals surface area contributed by atoms with Gasteiger partial charge in [0.05, 0.1) is 19.3 Å². The molecular formula is C18H20N2O3. The normalized spacial score (nSPS) is 17.5. The smallest absolute Gasteiger partial charge is 0.410 e. The highest BCUT2D eigenvalue weighted by atomic mass is 16.6. The molecule has 1 unspecified atom stereocenters. The molecule has 5 nitrogen and oxygen atoms in total. The summed E-state index contributed by atoms with van der Waals surface area (Å²) in [7, 11) is 0. The van der Waals surface area contributed by atoms with E-state index in [0.29, 0.717) is 18.9 Å². The summed E-state index contributed by atoms with van der Waals surface area (Å²) in [6.07, 6.45) is -0.455. The minimum Gasteiger partial charge on any atom is -0.410 e. The predicted molar refractivity (Wildman–Crippen MR) is 88.9 cm³/mol. The Hall–Kier alpha value is -2.37. The minimum atomic E-state index is -0.406. The first-order valence-corrected chi connectivity index (χ1v) is 7.75. The van der Waals surface area contributed by atoms with E-state index < -0.39 is 6.09 Å². The number of hydrogen-bond acceptors (Lipinski definition) is 4. The molecule has 2 aromatic carbocycles. The molecule has 0 spiro atoms. The zero-order valence-electron chi connectivity index (χ0n) is 12.9. The van der Waals surface area contributed by atoms with Gasteiger partial charge in [0, 0.05) is 18.8 Å². The number of benzene rings is 2. The number of nitrogens with zero attached hydrogens (tertiary/aromatic N) is 1. The summed E-state index contributed by atoms with van der Waals surface area (Å²) in [6.45, 7) is 2.67. The van der Waals surface area contributed by atoms with Crippen LogP contribution in [-0.4, -0.2) is 38.4 Å². The lowest BCUT2D eigenvalue weighted by Crippen LogP contribution is -2.47. The zero-order valence-corrected chi connectivity index (χ0v) is 12.9. The molecule has 3 rings (SSSR count). The van der Waals surface area contributed by atoms with Crippen LogP contribution in [0.5, 0.6) is 5.75 Å². The van der Waals surface area contributed by atoms with E-state index in [2.05, 4.69) is 5.32 Å². The summed E-state index contributed by atoms with van der Waals surface area (Å²) in [4.78, 5) is 14.2. The van der Waals surface area contributed by atoms with Crippen LogP contribution in [0, 0.1) is 0 Å². The van der Waals surface area contributed by atoms with Crippen molar-refractivity contribution >= 4 is 11.8 Å². The number of carbonyl (C=O) groups is 1. The summed E-state index contributed by atoms with van der Waals surface area (Å²) < 4.78 is 11.2. The molecule has 2 aromatic rings. The van der Waals surface area contributed by atoms with Crippen LogP contribution in [0.2, 0.25) is 0 Å². The van der Waals surface area contributed by atoms with E-state index in [1.165, 1.54) is 0 Å². The molecule has 1 aliphatic rings. The van der Waals surface area contributed by atoms with Gasteiger partial charge in [0.2, 0.25) is 0 Å². The number of para-hydroxylation sites is 2. The third-order valence-corrected chi connectivity index (χ3v) is 3.63. The molecule has 1 aliphatic heterocycles. The standard InChI is InChI=1S/C18H20N2O3/c21-18(23-16-9-5-2-6-10-16)20(15-7-3-1-4-8-15)14-17-13-19-11-12-22-17/h1-10,17,19H,11-14H2. The summed E-state index contributed by atoms with van der Waals surface area (Å²) in [5.74, 6) is 0.529. The molecule has 1 N–H and O–H groups in total. The number of amides is 1. The Morgan fingerprint density at radius 1 is 1.13 bits per heavy atom. The fraction of sp³-hybridized carbons (Fsp3) is 0.278. The summed E-state index contributed by atoms with van der Waals surface area (Å²) >= 11 is 0. The van der Waals surface area contributed by atoms with Crippen molar-refractivity contribution in [3.05, 3.63) is 60.7 Å². The third-order valence-electron chi connectivity index (χ3n) is 3.63. The second-order valence-corrected chi connectivity index (χ2v) is 5.32. The Bertz CT molecular complexity index is 613. The molecule has 1 amide bonds. The van der Waals surface area contributed by atoms with Gasteiger partial charge in [-0.1, -0.05) is 36.4 Å². The van der Waals surface area contributed by atoms with E-state index in [9.17, 15) is 4.79 Å². The Morgan fingerprint density at radius 3 is 2.48 bits per heavy atom. The van der Waals surface area contributed by atoms with Gasteiger partial charge < -0.3 is 14.8 Å². The molecule has 1 fully saturated rings. The number of carbonyl (C=O) groups excluding carboxylic acids is 1. The van der Waals surface area contributed by atoms with Gasteiger partial charge in [-0.25, -0.2) is 4.79 Å². The number of morpholine rings is 1. The summed E-state index contributed by atoms with van der Waals surface area (Å²) in [5, 5.41) is 3.28. The first-order chi connectivity index (χ1) is 11.3. The maximum absolute atomic E-state index is 12.6. The molecule has 23 heavy (non-hydrogen) atoms. The van der Waals surface area contributed by atoms with Crippen LogP contribution in [0.3, 0.4) is 0 Å². The van der Waals surface area contributed by atoms with E-state index in [1.807, 2.05) is 48.5 Å². The van der Waals surface area contributed by atoms with Crippen molar-refractivity contribution in [2.75, 3.05) is 31.1 Å². The number of ether oxygens (including phenoxy) is 2. The zero-order chi connectivity index (χ0) is 15.9. The molecule has 0 bridgehead atoms. The quantitative estimate of drug-likeness (QED) is 0.943. The van der Waals surface area contributed by atoms with Gasteiger partial charge in [0.25, 0.3) is 0 Å². The molecule has 1 atom stereocenters. The van der Waals surface area contributed by atoms with Crippen LogP contribution in [0.4, 0.5) is 10.5 Å². The van der Waals surface area contributed by atoms with Gasteiger partial charge in [-0.2, -0.15) is 0 Å². The second kappa shape index (κ2) is 7.76. The van der Waals surface area contributed by atoms with Crippen LogP contribution in [-0.2, 0) is 4.74 Å². The average Bonchev–Trinajstić information content (AvgIpc) is 2.62. The molecule has 1 saturated heterocycles. The highest BCUT2D eigenvalue weighted by Crippen LogP contribution is 2.18. The number of nitrogens with one attached hydrogen (secondary N) is 1. The highest BCUT2D eigenvalue weighted by Gasteiger charge is 2.24. The van der Waals surface area contributed by atoms with Gasteiger partial charge in [-0.3, -0.25) is 4.90 Å². The van der Waals surface area contributed by atoms with Gasteiger partial charge in [-0.05, 0) is 24.3 Å². The maximum atomic E-state index is 12.6. The van der Waals surface area contributed by atoms with Crippen molar-refractivity contribution in [1.82, 2.24) is 5.32 Å². The lowest BCUT2D eigenvalue weighted by molar-refractivity contribution is 0.0335. The lowest BCUT2D eigenvalue weighted by atomic mass is 10.2. The van der Waals surface area contributed by atoms with Gasteiger partial charge in [0.15, 0.2) is 0 Å². The minimum absolute atomic E-state index is 0.0488. The third kappa shape index (κ3) is 4.31. The van der Waals surface area contributed by atoms with Gasteiger partial charge in [0.1, 0.15) is 5.75 Å². The van der Waals surface area contributed by atoms with Crippen molar-refractivity contribution in [3.8, 4) is 5.75 Å². The number of rotatable bonds is 4. The van der Waals surface area contributed by atoms with Crippen molar-refractivity contribution in [3.63, 3.8) is 0 Å². The monoisotopic (exact) mass is 312 g/mol. The molecule has 1 heterocycles. The fourth-order valence-electron chi connectivity index (χ4n) is 2.48. The van der Waals surface area contributed by atoms with Crippen LogP contribution >= 0.6 is 0 Å². The topological polar surface area (TPSA) is 50.8 Å². The first-order valence-electron chi connectivity index (χ1n) is 7.75. The SMILES string of the molecule is O=C(Oc1ccccc1)N(CC1CNCCO1)c1ccccc1. The van der Waals surface area contributed by atoms with E-state index in [1.54, 1.807) is 17.0 Å². The number of hydrogen-bond donors (Lipinski definition) is 1. The van der Waals surface area contributed by atoms with Crippen LogP contribution < -0.4 is 15.0 Å². The molecule has 0 saturated carbocycles. The molecule has 0 radical (unpaired) electrons. The van der Waals surface area contributed by atoms with Crippen molar-refractivity contribution in [2.24, 2.45) is 0 Å². The summed E-state index contributed by atoms with van der Waals surface area (Å²) in [6, 6.07) is 18.6. The van der Waals surface area contributed by atoms with Crippen LogP contribution in [0.25, 0.3) is 0 Å². The van der Waals surface area contributed by atoms with Crippen molar-refractivity contribution in [1.29, 1.82) is 0 Å². The molecule has 0 aromatic heterocycles. The second-order valence-electron chi connectivity index (χ2n) is 5.32. The Morgan fingerprint density at radius 2 is 1.83 bits per heavy atom. The van der Waals surface area contributed by atoms with E-state index >= 15 is 0 Å². The van der Waals surface area contributed by atoms with E-state index in [4.69, 9.17) is 9.47 Å². The predicted octanol–water partition coefficient (Wildman–Crippen LogP) is 2.68. The molecular weight excluding hydrogens is 292 g/mol. The van der Waals surface area contributed by atoms with Crippen LogP contribution in [0.1, 0.15) is 0 Å². The van der Waals surface area contributed by atoms with Crippen LogP contribution in [0.15, 0.2) is 60.7 Å². The average molecular weight is 312 g/mol. The Balaban J connectivity index is 1.75. The van der Waals surface area contributed by atoms with Gasteiger partial charge in [-0.15, -0.1) is 0 Å². The number of anilines is 1. The maximum Gasteiger partial charge on any atom is 0.419 e. The lowest BCUT2D eigenvalue weighted by Gasteiger charge is -2.29. The molecule has 5 heteroatoms. The summed E-state index contributed by atoms with van der Waals surface area (Å²) in [5.41, 5.74) is 0.794. The molecule has 0 aliphatic carbocycles. The largest absolute Gasteiger partial charge is 0.419 e. The van der Waals surface area contributed by atoms with E-state index in [0.717, 1.165) is 18.8 Å². The fourth-order valence-corrected chi connectivity index (χ4v) is 2.48. The van der Waals surface area contributed by atoms with Crippen molar-refractivity contribution < 1.29 is 14.3 Å². The Kier molecular flexibility index (Phi) is 5.24. The first kappa shape index (κ1) is 15.5.